The number of guanidine groups is 1. The summed E-state index contributed by atoms with van der Waals surface area (Å²) in [5.41, 5.74) is 0.250. The maximum absolute atomic E-state index is 11.6. The molecule has 2 rings (SSSR count). The van der Waals surface area contributed by atoms with Crippen LogP contribution in [0.4, 0.5) is 0 Å². The van der Waals surface area contributed by atoms with Crippen molar-refractivity contribution >= 4 is 11.9 Å². The maximum atomic E-state index is 11.6. The number of amides is 1. The average Bonchev–Trinajstić information content (AvgIpc) is 2.60. The van der Waals surface area contributed by atoms with E-state index in [-0.39, 0.29) is 18.5 Å². The molecule has 1 aromatic carbocycles. The maximum Gasteiger partial charge on any atom is 0.241 e. The molecule has 0 aromatic heterocycles. The number of aliphatic hydroxyl groups is 1. The molecular formula is C18H28N4O2. The van der Waals surface area contributed by atoms with Crippen LogP contribution in [-0.4, -0.2) is 55.6 Å². The molecular weight excluding hydrogens is 304 g/mol. The van der Waals surface area contributed by atoms with Crippen LogP contribution in [-0.2, 0) is 10.4 Å². The number of hydrogen-bond donors (Lipinski definition) is 3. The Hall–Kier alpha value is -2.08. The van der Waals surface area contributed by atoms with Gasteiger partial charge in [0, 0.05) is 27.2 Å². The number of benzene rings is 1. The lowest BCUT2D eigenvalue weighted by Gasteiger charge is -2.37. The minimum absolute atomic E-state index is 0.0000434. The van der Waals surface area contributed by atoms with Gasteiger partial charge >= 0.3 is 0 Å². The molecule has 1 amide bonds. The highest BCUT2D eigenvalue weighted by Crippen LogP contribution is 2.36. The van der Waals surface area contributed by atoms with Crippen molar-refractivity contribution in [3.8, 4) is 0 Å². The molecule has 24 heavy (non-hydrogen) atoms. The van der Waals surface area contributed by atoms with E-state index >= 15 is 0 Å². The van der Waals surface area contributed by atoms with Crippen LogP contribution in [0.1, 0.15) is 31.2 Å². The van der Waals surface area contributed by atoms with Gasteiger partial charge in [-0.1, -0.05) is 30.3 Å². The molecule has 1 aromatic rings. The van der Waals surface area contributed by atoms with E-state index in [1.54, 1.807) is 26.0 Å². The summed E-state index contributed by atoms with van der Waals surface area (Å²) in [6.45, 7) is 0.216. The third kappa shape index (κ3) is 4.71. The topological polar surface area (TPSA) is 77.0 Å². The Morgan fingerprint density at radius 3 is 2.46 bits per heavy atom. The van der Waals surface area contributed by atoms with Crippen LogP contribution in [0.15, 0.2) is 35.3 Å². The first-order chi connectivity index (χ1) is 11.4. The molecule has 0 bridgehead atoms. The zero-order valence-corrected chi connectivity index (χ0v) is 14.7. The quantitative estimate of drug-likeness (QED) is 0.569. The van der Waals surface area contributed by atoms with Crippen molar-refractivity contribution in [2.45, 2.75) is 37.3 Å². The lowest BCUT2D eigenvalue weighted by molar-refractivity contribution is -0.127. The monoisotopic (exact) mass is 332 g/mol. The first kappa shape index (κ1) is 18.3. The van der Waals surface area contributed by atoms with Crippen molar-refractivity contribution in [1.29, 1.82) is 0 Å². The Labute approximate surface area is 144 Å². The van der Waals surface area contributed by atoms with Crippen molar-refractivity contribution in [3.05, 3.63) is 35.9 Å². The molecule has 1 aliphatic rings. The molecule has 1 aliphatic carbocycles. The summed E-state index contributed by atoms with van der Waals surface area (Å²) in [4.78, 5) is 17.4. The number of hydrogen-bond acceptors (Lipinski definition) is 3. The SMILES string of the molecule is CN=C(NCC(=O)N(C)C)NC1CCC(O)(c2ccccc2)CC1. The molecule has 0 radical (unpaired) electrons. The number of likely N-dealkylation sites (N-methyl/N-ethyl adjacent to an activating group) is 1. The third-order valence-electron chi connectivity index (χ3n) is 4.59. The highest BCUT2D eigenvalue weighted by atomic mass is 16.3. The molecule has 6 heteroatoms. The molecule has 1 saturated carbocycles. The van der Waals surface area contributed by atoms with Crippen molar-refractivity contribution in [3.63, 3.8) is 0 Å². The normalized spacial score (nSPS) is 24.3. The predicted octanol–water partition coefficient (Wildman–Crippen LogP) is 1.07. The second-order valence-corrected chi connectivity index (χ2v) is 6.53. The van der Waals surface area contributed by atoms with Gasteiger partial charge in [0.2, 0.25) is 5.91 Å². The molecule has 0 unspecified atom stereocenters. The molecule has 6 nitrogen and oxygen atoms in total. The summed E-state index contributed by atoms with van der Waals surface area (Å²) in [5, 5.41) is 17.2. The van der Waals surface area contributed by atoms with Gasteiger partial charge in [-0.3, -0.25) is 9.79 Å². The molecule has 0 spiro atoms. The van der Waals surface area contributed by atoms with Crippen LogP contribution >= 0.6 is 0 Å². The van der Waals surface area contributed by atoms with Gasteiger partial charge in [0.25, 0.3) is 0 Å². The Morgan fingerprint density at radius 2 is 1.92 bits per heavy atom. The van der Waals surface area contributed by atoms with E-state index in [9.17, 15) is 9.90 Å². The van der Waals surface area contributed by atoms with Crippen molar-refractivity contribution in [2.75, 3.05) is 27.7 Å². The summed E-state index contributed by atoms with van der Waals surface area (Å²) in [6.07, 6.45) is 3.13. The lowest BCUT2D eigenvalue weighted by atomic mass is 9.78. The van der Waals surface area contributed by atoms with Crippen LogP contribution < -0.4 is 10.6 Å². The summed E-state index contributed by atoms with van der Waals surface area (Å²) in [7, 11) is 5.15. The van der Waals surface area contributed by atoms with Crippen molar-refractivity contribution < 1.29 is 9.90 Å². The number of nitrogens with zero attached hydrogens (tertiary/aromatic N) is 2. The van der Waals surface area contributed by atoms with Crippen LogP contribution in [0.2, 0.25) is 0 Å². The van der Waals surface area contributed by atoms with Gasteiger partial charge in [0.05, 0.1) is 12.1 Å². The van der Waals surface area contributed by atoms with Crippen LogP contribution in [0.25, 0.3) is 0 Å². The second kappa shape index (κ2) is 8.15. The van der Waals surface area contributed by atoms with E-state index in [0.29, 0.717) is 18.8 Å². The summed E-state index contributed by atoms with van der Waals surface area (Å²) in [5.74, 6) is 0.625. The zero-order chi connectivity index (χ0) is 17.6. The first-order valence-electron chi connectivity index (χ1n) is 8.40. The average molecular weight is 332 g/mol. The molecule has 0 heterocycles. The highest BCUT2D eigenvalue weighted by molar-refractivity contribution is 5.86. The van der Waals surface area contributed by atoms with E-state index < -0.39 is 5.60 Å². The number of rotatable bonds is 4. The van der Waals surface area contributed by atoms with Gasteiger partial charge in [-0.15, -0.1) is 0 Å². The van der Waals surface area contributed by atoms with E-state index in [0.717, 1.165) is 18.4 Å². The second-order valence-electron chi connectivity index (χ2n) is 6.53. The van der Waals surface area contributed by atoms with E-state index in [4.69, 9.17) is 0 Å². The summed E-state index contributed by atoms with van der Waals surface area (Å²) >= 11 is 0. The van der Waals surface area contributed by atoms with E-state index in [1.165, 1.54) is 0 Å². The fraction of sp³-hybridized carbons (Fsp3) is 0.556. The Kier molecular flexibility index (Phi) is 6.20. The number of nitrogens with one attached hydrogen (secondary N) is 2. The van der Waals surface area contributed by atoms with Crippen LogP contribution in [0.3, 0.4) is 0 Å². The smallest absolute Gasteiger partial charge is 0.241 e. The molecule has 0 saturated heterocycles. The van der Waals surface area contributed by atoms with Gasteiger partial charge in [-0.2, -0.15) is 0 Å². The summed E-state index contributed by atoms with van der Waals surface area (Å²) < 4.78 is 0. The fourth-order valence-corrected chi connectivity index (χ4v) is 2.98. The van der Waals surface area contributed by atoms with Crippen molar-refractivity contribution in [1.82, 2.24) is 15.5 Å². The molecule has 0 aliphatic heterocycles. The predicted molar refractivity (Wildman–Crippen MR) is 95.8 cm³/mol. The highest BCUT2D eigenvalue weighted by Gasteiger charge is 2.34. The van der Waals surface area contributed by atoms with Crippen LogP contribution in [0, 0.1) is 0 Å². The summed E-state index contributed by atoms with van der Waals surface area (Å²) in [6, 6.07) is 10.1. The fourth-order valence-electron chi connectivity index (χ4n) is 2.98. The molecule has 132 valence electrons. The number of carbonyl (C=O) groups excluding carboxylic acids is 1. The molecule has 0 atom stereocenters. The standard InChI is InChI=1S/C18H28N4O2/c1-19-17(20-13-16(23)22(2)3)21-15-9-11-18(24,12-10-15)14-7-5-4-6-8-14/h4-8,15,24H,9-13H2,1-3H3,(H2,19,20,21). The minimum atomic E-state index is -0.739. The van der Waals surface area contributed by atoms with Gasteiger partial charge < -0.3 is 20.6 Å². The largest absolute Gasteiger partial charge is 0.385 e. The first-order valence-corrected chi connectivity index (χ1v) is 8.40. The van der Waals surface area contributed by atoms with Crippen molar-refractivity contribution in [2.24, 2.45) is 4.99 Å². The van der Waals surface area contributed by atoms with Gasteiger partial charge in [0.15, 0.2) is 5.96 Å². The molecule has 1 fully saturated rings. The Balaban J connectivity index is 1.84. The lowest BCUT2D eigenvalue weighted by Crippen LogP contribution is -2.49. The van der Waals surface area contributed by atoms with Gasteiger partial charge in [-0.05, 0) is 31.2 Å². The third-order valence-corrected chi connectivity index (χ3v) is 4.59. The Bertz CT molecular complexity index is 564. The molecule has 3 N–H and O–H groups in total. The number of carbonyl (C=O) groups is 1. The van der Waals surface area contributed by atoms with E-state index in [1.807, 2.05) is 30.3 Å². The Morgan fingerprint density at radius 1 is 1.29 bits per heavy atom. The van der Waals surface area contributed by atoms with E-state index in [2.05, 4.69) is 15.6 Å². The zero-order valence-electron chi connectivity index (χ0n) is 14.7. The van der Waals surface area contributed by atoms with Gasteiger partial charge in [-0.25, -0.2) is 0 Å². The van der Waals surface area contributed by atoms with Gasteiger partial charge in [0.1, 0.15) is 0 Å². The van der Waals surface area contributed by atoms with Crippen LogP contribution in [0.5, 0.6) is 0 Å². The minimum Gasteiger partial charge on any atom is -0.385 e. The number of aliphatic imine (C=N–C) groups is 1.